The molecule has 7 nitrogen and oxygen atoms in total. The molecule has 1 N–H and O–H groups in total. The van der Waals surface area contributed by atoms with Gasteiger partial charge in [-0.3, -0.25) is 14.2 Å². The number of nitrogens with zero attached hydrogens (tertiary/aromatic N) is 2. The molecule has 0 atom stereocenters. The minimum Gasteiger partial charge on any atom is -0.490 e. The predicted molar refractivity (Wildman–Crippen MR) is 105 cm³/mol. The van der Waals surface area contributed by atoms with E-state index in [2.05, 4.69) is 4.98 Å². The van der Waals surface area contributed by atoms with Crippen LogP contribution in [-0.2, 0) is 11.3 Å². The third-order valence-electron chi connectivity index (χ3n) is 5.09. The van der Waals surface area contributed by atoms with E-state index in [-0.39, 0.29) is 24.4 Å². The fourth-order valence-corrected chi connectivity index (χ4v) is 3.51. The maximum atomic E-state index is 13.0. The number of amides is 1. The van der Waals surface area contributed by atoms with Crippen LogP contribution in [0.25, 0.3) is 10.9 Å². The summed E-state index contributed by atoms with van der Waals surface area (Å²) in [5, 5.41) is 0.367. The monoisotopic (exact) mass is 397 g/mol. The highest BCUT2D eigenvalue weighted by Gasteiger charge is 2.25. The van der Waals surface area contributed by atoms with Gasteiger partial charge >= 0.3 is 5.69 Å². The SMILES string of the molecule is O=C(Cn1c(=O)[nH]c2ccccc2c1=O)N1CCC(Oc2ccc(F)cc2)CC1. The summed E-state index contributed by atoms with van der Waals surface area (Å²) >= 11 is 0. The van der Waals surface area contributed by atoms with Gasteiger partial charge in [-0.2, -0.15) is 0 Å². The summed E-state index contributed by atoms with van der Waals surface area (Å²) in [6, 6.07) is 12.5. The van der Waals surface area contributed by atoms with E-state index < -0.39 is 11.2 Å². The third kappa shape index (κ3) is 4.06. The number of carbonyl (C=O) groups excluding carboxylic acids is 1. The molecule has 1 aromatic heterocycles. The van der Waals surface area contributed by atoms with Crippen LogP contribution in [0, 0.1) is 5.82 Å². The molecule has 3 aromatic rings. The zero-order chi connectivity index (χ0) is 20.4. The van der Waals surface area contributed by atoms with Crippen LogP contribution in [0.5, 0.6) is 5.75 Å². The first-order valence-electron chi connectivity index (χ1n) is 9.43. The Bertz CT molecular complexity index is 1150. The van der Waals surface area contributed by atoms with Crippen molar-refractivity contribution < 1.29 is 13.9 Å². The molecule has 0 bridgehead atoms. The lowest BCUT2D eigenvalue weighted by Crippen LogP contribution is -2.46. The van der Waals surface area contributed by atoms with Gasteiger partial charge in [0.05, 0.1) is 10.9 Å². The van der Waals surface area contributed by atoms with Gasteiger partial charge in [0.1, 0.15) is 24.2 Å². The number of rotatable bonds is 4. The Kier molecular flexibility index (Phi) is 5.16. The highest BCUT2D eigenvalue weighted by atomic mass is 19.1. The number of aromatic nitrogens is 2. The summed E-state index contributed by atoms with van der Waals surface area (Å²) in [4.78, 5) is 41.7. The number of hydrogen-bond acceptors (Lipinski definition) is 4. The maximum absolute atomic E-state index is 13.0. The second-order valence-electron chi connectivity index (χ2n) is 7.02. The molecular weight excluding hydrogens is 377 g/mol. The zero-order valence-electron chi connectivity index (χ0n) is 15.6. The molecule has 29 heavy (non-hydrogen) atoms. The van der Waals surface area contributed by atoms with Crippen molar-refractivity contribution >= 4 is 16.8 Å². The van der Waals surface area contributed by atoms with Crippen LogP contribution >= 0.6 is 0 Å². The Hall–Kier alpha value is -3.42. The van der Waals surface area contributed by atoms with Gasteiger partial charge in [0.2, 0.25) is 5.91 Å². The van der Waals surface area contributed by atoms with Crippen LogP contribution in [0.1, 0.15) is 12.8 Å². The molecule has 0 radical (unpaired) electrons. The third-order valence-corrected chi connectivity index (χ3v) is 5.09. The van der Waals surface area contributed by atoms with Crippen molar-refractivity contribution in [2.45, 2.75) is 25.5 Å². The molecule has 0 spiro atoms. The fourth-order valence-electron chi connectivity index (χ4n) is 3.51. The first-order chi connectivity index (χ1) is 14.0. The molecule has 4 rings (SSSR count). The summed E-state index contributed by atoms with van der Waals surface area (Å²) in [6.45, 7) is 0.623. The largest absolute Gasteiger partial charge is 0.490 e. The Morgan fingerprint density at radius 3 is 2.48 bits per heavy atom. The number of H-pyrrole nitrogens is 1. The average Bonchev–Trinajstić information content (AvgIpc) is 2.73. The number of aromatic amines is 1. The highest BCUT2D eigenvalue weighted by Crippen LogP contribution is 2.19. The van der Waals surface area contributed by atoms with E-state index in [4.69, 9.17) is 4.74 Å². The van der Waals surface area contributed by atoms with E-state index in [0.717, 1.165) is 4.57 Å². The van der Waals surface area contributed by atoms with Crippen molar-refractivity contribution in [2.75, 3.05) is 13.1 Å². The number of carbonyl (C=O) groups is 1. The first kappa shape index (κ1) is 18.9. The second-order valence-corrected chi connectivity index (χ2v) is 7.02. The van der Waals surface area contributed by atoms with Crippen LogP contribution < -0.4 is 16.0 Å². The molecule has 1 aliphatic rings. The molecule has 2 aromatic carbocycles. The van der Waals surface area contributed by atoms with Gasteiger partial charge in [-0.15, -0.1) is 0 Å². The van der Waals surface area contributed by atoms with Crippen molar-refractivity contribution in [1.29, 1.82) is 0 Å². The summed E-state index contributed by atoms with van der Waals surface area (Å²) in [5.41, 5.74) is -0.631. The maximum Gasteiger partial charge on any atom is 0.329 e. The van der Waals surface area contributed by atoms with Gasteiger partial charge in [-0.05, 0) is 36.4 Å². The molecule has 2 heterocycles. The van der Waals surface area contributed by atoms with E-state index in [9.17, 15) is 18.8 Å². The number of benzene rings is 2. The van der Waals surface area contributed by atoms with Gasteiger partial charge in [0, 0.05) is 25.9 Å². The Morgan fingerprint density at radius 1 is 1.07 bits per heavy atom. The van der Waals surface area contributed by atoms with Crippen LogP contribution in [0.4, 0.5) is 4.39 Å². The van der Waals surface area contributed by atoms with Gasteiger partial charge in [0.15, 0.2) is 0 Å². The quantitative estimate of drug-likeness (QED) is 0.729. The Balaban J connectivity index is 1.40. The van der Waals surface area contributed by atoms with Crippen LogP contribution in [0.3, 0.4) is 0 Å². The molecule has 150 valence electrons. The Labute approximate surface area is 165 Å². The molecule has 0 aliphatic carbocycles. The standard InChI is InChI=1S/C21H20FN3O4/c22-14-5-7-15(8-6-14)29-16-9-11-24(12-10-16)19(26)13-25-20(27)17-3-1-2-4-18(17)23-21(25)28/h1-8,16H,9-13H2,(H,23,28). The van der Waals surface area contributed by atoms with Crippen LogP contribution in [0.2, 0.25) is 0 Å². The molecule has 1 aliphatic heterocycles. The minimum absolute atomic E-state index is 0.0729. The van der Waals surface area contributed by atoms with E-state index in [1.807, 2.05) is 0 Å². The lowest BCUT2D eigenvalue weighted by Gasteiger charge is -2.32. The van der Waals surface area contributed by atoms with E-state index in [0.29, 0.717) is 42.6 Å². The van der Waals surface area contributed by atoms with Gasteiger partial charge in [-0.25, -0.2) is 9.18 Å². The number of ether oxygens (including phenoxy) is 1. The molecule has 8 heteroatoms. The second kappa shape index (κ2) is 7.90. The molecule has 1 amide bonds. The smallest absolute Gasteiger partial charge is 0.329 e. The van der Waals surface area contributed by atoms with Crippen molar-refractivity contribution in [1.82, 2.24) is 14.5 Å². The van der Waals surface area contributed by atoms with E-state index in [1.54, 1.807) is 41.3 Å². The number of fused-ring (bicyclic) bond motifs is 1. The molecule has 1 saturated heterocycles. The number of likely N-dealkylation sites (tertiary alicyclic amines) is 1. The van der Waals surface area contributed by atoms with Crippen molar-refractivity contribution in [3.05, 3.63) is 75.2 Å². The predicted octanol–water partition coefficient (Wildman–Crippen LogP) is 1.90. The summed E-state index contributed by atoms with van der Waals surface area (Å²) in [7, 11) is 0. The van der Waals surface area contributed by atoms with Gasteiger partial charge < -0.3 is 14.6 Å². The normalized spacial score (nSPS) is 14.9. The fraction of sp³-hybridized carbons (Fsp3) is 0.286. The first-order valence-corrected chi connectivity index (χ1v) is 9.43. The lowest BCUT2D eigenvalue weighted by molar-refractivity contribution is -0.133. The van der Waals surface area contributed by atoms with Crippen molar-refractivity contribution in [3.8, 4) is 5.75 Å². The lowest BCUT2D eigenvalue weighted by atomic mass is 10.1. The minimum atomic E-state index is -0.600. The van der Waals surface area contributed by atoms with E-state index >= 15 is 0 Å². The van der Waals surface area contributed by atoms with Crippen LogP contribution in [0.15, 0.2) is 58.1 Å². The molecule has 0 saturated carbocycles. The van der Waals surface area contributed by atoms with Gasteiger partial charge in [-0.1, -0.05) is 12.1 Å². The van der Waals surface area contributed by atoms with E-state index in [1.165, 1.54) is 12.1 Å². The zero-order valence-corrected chi connectivity index (χ0v) is 15.6. The molecule has 0 unspecified atom stereocenters. The average molecular weight is 397 g/mol. The summed E-state index contributed by atoms with van der Waals surface area (Å²) in [6.07, 6.45) is 1.16. The summed E-state index contributed by atoms with van der Waals surface area (Å²) < 4.78 is 19.7. The molecular formula is C21H20FN3O4. The highest BCUT2D eigenvalue weighted by molar-refractivity contribution is 5.79. The topological polar surface area (TPSA) is 84.4 Å². The molecule has 1 fully saturated rings. The van der Waals surface area contributed by atoms with Crippen LogP contribution in [-0.4, -0.2) is 39.6 Å². The summed E-state index contributed by atoms with van der Waals surface area (Å²) in [5.74, 6) is -0.0183. The number of para-hydroxylation sites is 1. The number of nitrogens with one attached hydrogen (secondary N) is 1. The number of piperidine rings is 1. The Morgan fingerprint density at radius 2 is 1.76 bits per heavy atom. The number of halogens is 1. The van der Waals surface area contributed by atoms with Crippen molar-refractivity contribution in [3.63, 3.8) is 0 Å². The number of hydrogen-bond donors (Lipinski definition) is 1. The van der Waals surface area contributed by atoms with Gasteiger partial charge in [0.25, 0.3) is 5.56 Å². The van der Waals surface area contributed by atoms with Crippen molar-refractivity contribution in [2.24, 2.45) is 0 Å².